The van der Waals surface area contributed by atoms with Gasteiger partial charge in [0.2, 0.25) is 5.91 Å². The van der Waals surface area contributed by atoms with Crippen LogP contribution in [0.2, 0.25) is 0 Å². The Kier molecular flexibility index (Phi) is 4.27. The van der Waals surface area contributed by atoms with Crippen molar-refractivity contribution < 1.29 is 13.2 Å². The van der Waals surface area contributed by atoms with E-state index in [1.807, 2.05) is 42.2 Å². The molecule has 1 aromatic carbocycles. The minimum atomic E-state index is -3.01. The lowest BCUT2D eigenvalue weighted by molar-refractivity contribution is -0.117. The predicted octanol–water partition coefficient (Wildman–Crippen LogP) is 2.09. The lowest BCUT2D eigenvalue weighted by Crippen LogP contribution is -2.37. The third kappa shape index (κ3) is 3.05. The van der Waals surface area contributed by atoms with Crippen LogP contribution >= 0.6 is 11.8 Å². The Hall–Kier alpha value is -1.34. The fourth-order valence-corrected chi connectivity index (χ4v) is 6.76. The molecule has 0 spiro atoms. The van der Waals surface area contributed by atoms with Gasteiger partial charge in [-0.3, -0.25) is 4.79 Å². The molecule has 0 N–H and O–H groups in total. The Morgan fingerprint density at radius 3 is 2.73 bits per heavy atom. The number of para-hydroxylation sites is 1. The van der Waals surface area contributed by atoms with Gasteiger partial charge in [-0.1, -0.05) is 36.9 Å². The second-order valence-corrected chi connectivity index (χ2v) is 8.90. The minimum absolute atomic E-state index is 0.0432. The molecule has 118 valence electrons. The normalized spacial score (nSPS) is 28.0. The number of benzene rings is 1. The first-order chi connectivity index (χ1) is 10.5. The highest BCUT2D eigenvalue weighted by Gasteiger charge is 2.49. The van der Waals surface area contributed by atoms with Crippen molar-refractivity contribution in [2.24, 2.45) is 4.99 Å². The van der Waals surface area contributed by atoms with Crippen LogP contribution in [0.25, 0.3) is 0 Å². The molecule has 0 saturated carbocycles. The summed E-state index contributed by atoms with van der Waals surface area (Å²) in [6, 6.07) is 9.44. The van der Waals surface area contributed by atoms with Gasteiger partial charge in [-0.25, -0.2) is 8.42 Å². The maximum Gasteiger partial charge on any atom is 0.248 e. The van der Waals surface area contributed by atoms with Crippen molar-refractivity contribution >= 4 is 38.4 Å². The van der Waals surface area contributed by atoms with Crippen molar-refractivity contribution in [1.29, 1.82) is 0 Å². The van der Waals surface area contributed by atoms with Gasteiger partial charge < -0.3 is 4.90 Å². The summed E-state index contributed by atoms with van der Waals surface area (Å²) < 4.78 is 23.8. The molecule has 2 fully saturated rings. The molecule has 7 heteroatoms. The monoisotopic (exact) mass is 338 g/mol. The van der Waals surface area contributed by atoms with Gasteiger partial charge in [-0.2, -0.15) is 4.99 Å². The Morgan fingerprint density at radius 2 is 2.05 bits per heavy atom. The molecule has 2 saturated heterocycles. The SMILES string of the molecule is CCCC(=O)N=C1S[C@H]2CS(=O)(=O)C[C@@H]2N1c1ccccc1. The van der Waals surface area contributed by atoms with Crippen LogP contribution in [0.1, 0.15) is 19.8 Å². The van der Waals surface area contributed by atoms with E-state index in [4.69, 9.17) is 0 Å². The van der Waals surface area contributed by atoms with Gasteiger partial charge in [0.1, 0.15) is 0 Å². The third-order valence-corrected chi connectivity index (χ3v) is 6.99. The lowest BCUT2D eigenvalue weighted by Gasteiger charge is -2.24. The van der Waals surface area contributed by atoms with E-state index < -0.39 is 9.84 Å². The van der Waals surface area contributed by atoms with Crippen LogP contribution in [0.4, 0.5) is 5.69 Å². The Labute approximate surface area is 134 Å². The summed E-state index contributed by atoms with van der Waals surface area (Å²) in [5.74, 6) is 0.140. The number of carbonyl (C=O) groups excluding carboxylic acids is 1. The highest BCUT2D eigenvalue weighted by molar-refractivity contribution is 8.16. The Morgan fingerprint density at radius 1 is 1.32 bits per heavy atom. The van der Waals surface area contributed by atoms with Crippen molar-refractivity contribution in [1.82, 2.24) is 0 Å². The van der Waals surface area contributed by atoms with Gasteiger partial charge in [-0.15, -0.1) is 0 Å². The number of sulfone groups is 1. The number of fused-ring (bicyclic) bond motifs is 1. The number of thioether (sulfide) groups is 1. The fraction of sp³-hybridized carbons (Fsp3) is 0.467. The highest BCUT2D eigenvalue weighted by Crippen LogP contribution is 2.40. The second-order valence-electron chi connectivity index (χ2n) is 5.54. The van der Waals surface area contributed by atoms with E-state index in [9.17, 15) is 13.2 Å². The topological polar surface area (TPSA) is 66.8 Å². The highest BCUT2D eigenvalue weighted by atomic mass is 32.2. The second kappa shape index (κ2) is 6.04. The molecule has 1 aromatic rings. The molecule has 2 aliphatic rings. The maximum absolute atomic E-state index is 11.9. The van der Waals surface area contributed by atoms with Gasteiger partial charge in [0.05, 0.1) is 17.5 Å². The molecule has 0 aromatic heterocycles. The van der Waals surface area contributed by atoms with Crippen LogP contribution in [-0.2, 0) is 14.6 Å². The number of hydrogen-bond donors (Lipinski definition) is 0. The number of amides is 1. The summed E-state index contributed by atoms with van der Waals surface area (Å²) in [6.45, 7) is 1.94. The van der Waals surface area contributed by atoms with E-state index in [-0.39, 0.29) is 28.7 Å². The smallest absolute Gasteiger partial charge is 0.248 e. The fourth-order valence-electron chi connectivity index (χ4n) is 2.83. The average Bonchev–Trinajstić information content (AvgIpc) is 2.91. The van der Waals surface area contributed by atoms with Crippen molar-refractivity contribution in [3.05, 3.63) is 30.3 Å². The molecule has 2 heterocycles. The van der Waals surface area contributed by atoms with Gasteiger partial charge in [0.25, 0.3) is 0 Å². The van der Waals surface area contributed by atoms with Crippen LogP contribution in [-0.4, -0.2) is 42.3 Å². The van der Waals surface area contributed by atoms with Gasteiger partial charge >= 0.3 is 0 Å². The Balaban J connectivity index is 1.96. The molecule has 1 amide bonds. The first kappa shape index (κ1) is 15.6. The van der Waals surface area contributed by atoms with Crippen LogP contribution in [0.3, 0.4) is 0 Å². The molecule has 0 radical (unpaired) electrons. The predicted molar refractivity (Wildman–Crippen MR) is 90.1 cm³/mol. The van der Waals surface area contributed by atoms with Crippen LogP contribution in [0.5, 0.6) is 0 Å². The van der Waals surface area contributed by atoms with Crippen molar-refractivity contribution in [3.8, 4) is 0 Å². The molecule has 0 bridgehead atoms. The van der Waals surface area contributed by atoms with Gasteiger partial charge in [0.15, 0.2) is 15.0 Å². The van der Waals surface area contributed by atoms with Crippen molar-refractivity contribution in [2.75, 3.05) is 16.4 Å². The molecule has 2 atom stereocenters. The van der Waals surface area contributed by atoms with E-state index in [0.29, 0.717) is 11.6 Å². The first-order valence-corrected chi connectivity index (χ1v) is 10.0. The number of nitrogens with zero attached hydrogens (tertiary/aromatic N) is 2. The standard InChI is InChI=1S/C15H18N2O3S2/c1-2-6-14(18)16-15-17(11-7-4-3-5-8-11)12-9-22(19,20)10-13(12)21-15/h3-5,7-8,12-13H,2,6,9-10H2,1H3/t12-,13-/m0/s1. The number of aliphatic imine (C=N–C) groups is 1. The third-order valence-electron chi connectivity index (χ3n) is 3.79. The number of amidine groups is 1. The number of rotatable bonds is 3. The Bertz CT molecular complexity index is 701. The number of carbonyl (C=O) groups is 1. The minimum Gasteiger partial charge on any atom is -0.316 e. The first-order valence-electron chi connectivity index (χ1n) is 7.33. The van der Waals surface area contributed by atoms with E-state index in [1.165, 1.54) is 11.8 Å². The summed E-state index contributed by atoms with van der Waals surface area (Å²) in [5, 5.41) is 0.591. The zero-order chi connectivity index (χ0) is 15.7. The molecule has 0 unspecified atom stereocenters. The zero-order valence-electron chi connectivity index (χ0n) is 12.3. The summed E-state index contributed by atoms with van der Waals surface area (Å²) >= 11 is 1.42. The molecule has 2 aliphatic heterocycles. The molecule has 3 rings (SSSR count). The summed E-state index contributed by atoms with van der Waals surface area (Å²) in [6.07, 6.45) is 1.17. The van der Waals surface area contributed by atoms with Crippen molar-refractivity contribution in [2.45, 2.75) is 31.1 Å². The molecule has 5 nitrogen and oxygen atoms in total. The van der Waals surface area contributed by atoms with Gasteiger partial charge in [-0.05, 0) is 18.6 Å². The summed E-state index contributed by atoms with van der Waals surface area (Å²) in [4.78, 5) is 18.0. The molecule has 0 aliphatic carbocycles. The van der Waals surface area contributed by atoms with E-state index in [0.717, 1.165) is 12.1 Å². The summed E-state index contributed by atoms with van der Waals surface area (Å²) in [5.41, 5.74) is 0.891. The van der Waals surface area contributed by atoms with Crippen molar-refractivity contribution in [3.63, 3.8) is 0 Å². The van der Waals surface area contributed by atoms with Gasteiger partial charge in [0, 0.05) is 17.4 Å². The van der Waals surface area contributed by atoms with Crippen LogP contribution < -0.4 is 4.90 Å². The molecular weight excluding hydrogens is 320 g/mol. The quantitative estimate of drug-likeness (QED) is 0.844. The number of anilines is 1. The maximum atomic E-state index is 11.9. The zero-order valence-corrected chi connectivity index (χ0v) is 13.9. The average molecular weight is 338 g/mol. The largest absolute Gasteiger partial charge is 0.316 e. The lowest BCUT2D eigenvalue weighted by atomic mass is 10.2. The van der Waals surface area contributed by atoms with E-state index in [2.05, 4.69) is 4.99 Å². The van der Waals surface area contributed by atoms with E-state index in [1.54, 1.807) is 0 Å². The van der Waals surface area contributed by atoms with Crippen LogP contribution in [0.15, 0.2) is 35.3 Å². The molecular formula is C15H18N2O3S2. The van der Waals surface area contributed by atoms with Crippen LogP contribution in [0, 0.1) is 0 Å². The summed E-state index contributed by atoms with van der Waals surface area (Å²) in [7, 11) is -3.01. The van der Waals surface area contributed by atoms with E-state index >= 15 is 0 Å². The number of hydrogen-bond acceptors (Lipinski definition) is 4. The molecule has 22 heavy (non-hydrogen) atoms.